The minimum Gasteiger partial charge on any atom is -0.497 e. The van der Waals surface area contributed by atoms with E-state index in [1.165, 1.54) is 17.6 Å². The van der Waals surface area contributed by atoms with Gasteiger partial charge < -0.3 is 19.9 Å². The van der Waals surface area contributed by atoms with E-state index in [0.29, 0.717) is 26.1 Å². The van der Waals surface area contributed by atoms with E-state index in [1.54, 1.807) is 12.0 Å². The van der Waals surface area contributed by atoms with Crippen molar-refractivity contribution in [3.05, 3.63) is 65.5 Å². The van der Waals surface area contributed by atoms with Crippen LogP contribution in [0.1, 0.15) is 18.3 Å². The molecule has 7 nitrogen and oxygen atoms in total. The molecule has 1 aromatic heterocycles. The van der Waals surface area contributed by atoms with Crippen LogP contribution < -0.4 is 15.0 Å². The molecule has 0 spiro atoms. The Labute approximate surface area is 188 Å². The monoisotopic (exact) mass is 459 g/mol. The Morgan fingerprint density at radius 3 is 2.84 bits per heavy atom. The molecule has 0 aliphatic carbocycles. The highest BCUT2D eigenvalue weighted by atomic mass is 32.1. The molecule has 2 amide bonds. The van der Waals surface area contributed by atoms with Crippen molar-refractivity contribution in [2.75, 3.05) is 37.0 Å². The molecule has 1 N–H and O–H groups in total. The van der Waals surface area contributed by atoms with Crippen LogP contribution in [-0.4, -0.2) is 53.1 Å². The second kappa shape index (κ2) is 9.47. The van der Waals surface area contributed by atoms with Crippen molar-refractivity contribution < 1.29 is 18.3 Å². The first-order chi connectivity index (χ1) is 15.4. The van der Waals surface area contributed by atoms with Gasteiger partial charge in [-0.1, -0.05) is 12.1 Å². The summed E-state index contributed by atoms with van der Waals surface area (Å²) in [4.78, 5) is 21.0. The van der Waals surface area contributed by atoms with E-state index in [4.69, 9.17) is 4.74 Å². The number of urea groups is 1. The average Bonchev–Trinajstić information content (AvgIpc) is 3.24. The summed E-state index contributed by atoms with van der Waals surface area (Å²) in [6.45, 7) is 3.52. The number of amides is 2. The highest BCUT2D eigenvalue weighted by Crippen LogP contribution is 2.24. The van der Waals surface area contributed by atoms with Crippen molar-refractivity contribution in [2.24, 2.45) is 0 Å². The van der Waals surface area contributed by atoms with Crippen LogP contribution in [-0.2, 0) is 6.42 Å². The lowest BCUT2D eigenvalue weighted by Gasteiger charge is -2.39. The third kappa shape index (κ3) is 4.96. The van der Waals surface area contributed by atoms with Gasteiger partial charge in [0, 0.05) is 49.7 Å². The molecule has 2 heterocycles. The fourth-order valence-corrected chi connectivity index (χ4v) is 4.34. The summed E-state index contributed by atoms with van der Waals surface area (Å²) < 4.78 is 36.7. The molecule has 1 fully saturated rings. The van der Waals surface area contributed by atoms with Crippen molar-refractivity contribution in [2.45, 2.75) is 19.4 Å². The summed E-state index contributed by atoms with van der Waals surface area (Å²) in [5.41, 5.74) is 1.02. The summed E-state index contributed by atoms with van der Waals surface area (Å²) in [6.07, 6.45) is 0.606. The van der Waals surface area contributed by atoms with E-state index >= 15 is 0 Å². The summed E-state index contributed by atoms with van der Waals surface area (Å²) in [5, 5.41) is 3.33. The second-order valence-electron chi connectivity index (χ2n) is 7.56. The van der Waals surface area contributed by atoms with Crippen molar-refractivity contribution in [3.63, 3.8) is 0 Å². The Bertz CT molecular complexity index is 1110. The molecule has 32 heavy (non-hydrogen) atoms. The van der Waals surface area contributed by atoms with Crippen molar-refractivity contribution in [1.82, 2.24) is 14.3 Å². The van der Waals surface area contributed by atoms with Crippen LogP contribution in [0, 0.1) is 11.6 Å². The fourth-order valence-electron chi connectivity index (χ4n) is 3.62. The lowest BCUT2D eigenvalue weighted by molar-refractivity contribution is 0.184. The molecule has 1 aliphatic heterocycles. The number of aromatic nitrogens is 2. The topological polar surface area (TPSA) is 70.6 Å². The zero-order valence-corrected chi connectivity index (χ0v) is 18.5. The van der Waals surface area contributed by atoms with Crippen LogP contribution in [0.4, 0.5) is 24.4 Å². The van der Waals surface area contributed by atoms with Crippen molar-refractivity contribution in [3.8, 4) is 5.75 Å². The molecule has 4 rings (SSSR count). The van der Waals surface area contributed by atoms with Gasteiger partial charge in [0.25, 0.3) is 0 Å². The molecule has 1 unspecified atom stereocenters. The minimum absolute atomic E-state index is 0.0441. The number of hydrogen-bond donors (Lipinski definition) is 1. The Kier molecular flexibility index (Phi) is 6.50. The Hall–Kier alpha value is -3.27. The highest BCUT2D eigenvalue weighted by molar-refractivity contribution is 7.09. The van der Waals surface area contributed by atoms with Crippen LogP contribution in [0.3, 0.4) is 0 Å². The lowest BCUT2D eigenvalue weighted by atomic mass is 10.1. The number of nitrogens with zero attached hydrogens (tertiary/aromatic N) is 4. The Balaban J connectivity index is 1.36. The van der Waals surface area contributed by atoms with Gasteiger partial charge in [0.1, 0.15) is 23.2 Å². The van der Waals surface area contributed by atoms with E-state index in [0.717, 1.165) is 34.4 Å². The molecular weight excluding hydrogens is 436 g/mol. The van der Waals surface area contributed by atoms with Crippen LogP contribution >= 0.6 is 11.5 Å². The summed E-state index contributed by atoms with van der Waals surface area (Å²) in [7, 11) is 1.63. The number of ether oxygens (including phenoxy) is 1. The van der Waals surface area contributed by atoms with Gasteiger partial charge >= 0.3 is 6.03 Å². The third-order valence-corrected chi connectivity index (χ3v) is 6.10. The number of carbonyl (C=O) groups excluding carboxylic acids is 1. The normalized spacial score (nSPS) is 16.2. The highest BCUT2D eigenvalue weighted by Gasteiger charge is 2.29. The lowest BCUT2D eigenvalue weighted by Crippen LogP contribution is -2.55. The SMILES string of the molecule is COc1cccc(Cc2nsc(N3CCN(C(=O)Nc4ccc(F)cc4F)C(C)C3)n2)c1. The number of anilines is 2. The minimum atomic E-state index is -0.804. The van der Waals surface area contributed by atoms with Gasteiger partial charge in [-0.25, -0.2) is 18.6 Å². The molecule has 2 aromatic carbocycles. The number of nitrogens with one attached hydrogen (secondary N) is 1. The van der Waals surface area contributed by atoms with Gasteiger partial charge in [0.2, 0.25) is 5.13 Å². The summed E-state index contributed by atoms with van der Waals surface area (Å²) >= 11 is 1.33. The largest absolute Gasteiger partial charge is 0.497 e. The average molecular weight is 460 g/mol. The second-order valence-corrected chi connectivity index (χ2v) is 8.29. The number of hydrogen-bond acceptors (Lipinski definition) is 6. The molecular formula is C22H23F2N5O2S. The van der Waals surface area contributed by atoms with E-state index in [2.05, 4.69) is 19.6 Å². The molecule has 1 aliphatic rings. The smallest absolute Gasteiger partial charge is 0.322 e. The first-order valence-corrected chi connectivity index (χ1v) is 10.9. The Morgan fingerprint density at radius 2 is 2.09 bits per heavy atom. The maximum absolute atomic E-state index is 13.9. The summed E-state index contributed by atoms with van der Waals surface area (Å²) in [5.74, 6) is 0.0342. The molecule has 1 atom stereocenters. The van der Waals surface area contributed by atoms with Crippen molar-refractivity contribution in [1.29, 1.82) is 0 Å². The zero-order chi connectivity index (χ0) is 22.7. The molecule has 1 saturated heterocycles. The van der Waals surface area contributed by atoms with E-state index in [-0.39, 0.29) is 11.7 Å². The van der Waals surface area contributed by atoms with Crippen LogP contribution in [0.5, 0.6) is 5.75 Å². The molecule has 0 radical (unpaired) electrons. The van der Waals surface area contributed by atoms with Crippen LogP contribution in [0.2, 0.25) is 0 Å². The number of piperazine rings is 1. The van der Waals surface area contributed by atoms with E-state index < -0.39 is 17.7 Å². The number of carbonyl (C=O) groups is 1. The molecule has 0 saturated carbocycles. The summed E-state index contributed by atoms with van der Waals surface area (Å²) in [6, 6.07) is 10.3. The van der Waals surface area contributed by atoms with Crippen molar-refractivity contribution >= 4 is 28.4 Å². The number of benzene rings is 2. The van der Waals surface area contributed by atoms with Gasteiger partial charge in [0.05, 0.1) is 12.8 Å². The maximum Gasteiger partial charge on any atom is 0.322 e. The fraction of sp³-hybridized carbons (Fsp3) is 0.318. The number of methoxy groups -OCH3 is 1. The van der Waals surface area contributed by atoms with Crippen LogP contribution in [0.25, 0.3) is 0 Å². The molecule has 3 aromatic rings. The van der Waals surface area contributed by atoms with Gasteiger partial charge in [0.15, 0.2) is 0 Å². The van der Waals surface area contributed by atoms with E-state index in [9.17, 15) is 13.6 Å². The number of halogens is 2. The van der Waals surface area contributed by atoms with Gasteiger partial charge in [-0.3, -0.25) is 0 Å². The molecule has 0 bridgehead atoms. The predicted octanol–water partition coefficient (Wildman–Crippen LogP) is 4.16. The van der Waals surface area contributed by atoms with Crippen LogP contribution in [0.15, 0.2) is 42.5 Å². The molecule has 168 valence electrons. The number of rotatable bonds is 5. The standard InChI is InChI=1S/C22H23F2N5O2S/c1-14-13-28(8-9-29(14)21(30)25-19-7-6-16(23)12-18(19)24)22-26-20(27-32-22)11-15-4-3-5-17(10-15)31-2/h3-7,10,12,14H,8-9,11,13H2,1-2H3,(H,25,30). The first kappa shape index (κ1) is 21.9. The molecule has 10 heteroatoms. The van der Waals surface area contributed by atoms with Gasteiger partial charge in [-0.05, 0) is 36.8 Å². The third-order valence-electron chi connectivity index (χ3n) is 5.29. The first-order valence-electron chi connectivity index (χ1n) is 10.2. The van der Waals surface area contributed by atoms with Gasteiger partial charge in [-0.2, -0.15) is 4.37 Å². The Morgan fingerprint density at radius 1 is 1.25 bits per heavy atom. The zero-order valence-electron chi connectivity index (χ0n) is 17.7. The quantitative estimate of drug-likeness (QED) is 0.621. The maximum atomic E-state index is 13.9. The van der Waals surface area contributed by atoms with E-state index in [1.807, 2.05) is 31.2 Å². The predicted molar refractivity (Wildman–Crippen MR) is 119 cm³/mol. The van der Waals surface area contributed by atoms with Gasteiger partial charge in [-0.15, -0.1) is 0 Å².